The molecule has 0 saturated carbocycles. The quantitative estimate of drug-likeness (QED) is 0.694. The van der Waals surface area contributed by atoms with Crippen molar-refractivity contribution < 1.29 is 19.2 Å². The molecule has 2 aromatic rings. The largest absolute Gasteiger partial charge is 0.493 e. The predicted molar refractivity (Wildman–Crippen MR) is 115 cm³/mol. The van der Waals surface area contributed by atoms with Crippen LogP contribution >= 0.6 is 11.6 Å². The van der Waals surface area contributed by atoms with Crippen molar-refractivity contribution in [1.29, 1.82) is 0 Å². The molecule has 2 N–H and O–H groups in total. The van der Waals surface area contributed by atoms with Crippen molar-refractivity contribution in [2.75, 3.05) is 33.9 Å². The molecule has 0 unspecified atom stereocenters. The summed E-state index contributed by atoms with van der Waals surface area (Å²) in [6, 6.07) is 13.9. The number of piperidine rings is 1. The number of ether oxygens (including phenoxy) is 2. The minimum absolute atomic E-state index is 0.120. The maximum Gasteiger partial charge on any atom is 0.223 e. The number of likely N-dealkylation sites (tertiary alicyclic amines) is 1. The number of rotatable bonds is 8. The molecule has 0 spiro atoms. The second-order valence-corrected chi connectivity index (χ2v) is 7.99. The van der Waals surface area contributed by atoms with Crippen LogP contribution in [0.25, 0.3) is 0 Å². The molecule has 3 rings (SSSR count). The normalized spacial score (nSPS) is 18.9. The molecule has 29 heavy (non-hydrogen) atoms. The number of carbonyl (C=O) groups excluding carboxylic acids is 1. The molecule has 1 aliphatic heterocycles. The highest BCUT2D eigenvalue weighted by Gasteiger charge is 2.27. The van der Waals surface area contributed by atoms with Crippen molar-refractivity contribution in [1.82, 2.24) is 5.32 Å². The molecule has 156 valence electrons. The maximum atomic E-state index is 12.5. The summed E-state index contributed by atoms with van der Waals surface area (Å²) in [6.07, 6.45) is 2.64. The molecule has 2 aromatic carbocycles. The molecule has 1 amide bonds. The highest BCUT2D eigenvalue weighted by Crippen LogP contribution is 2.27. The van der Waals surface area contributed by atoms with Gasteiger partial charge in [0.15, 0.2) is 11.5 Å². The molecule has 0 aromatic heterocycles. The fraction of sp³-hybridized carbons (Fsp3) is 0.435. The van der Waals surface area contributed by atoms with Crippen LogP contribution in [0.3, 0.4) is 0 Å². The third-order valence-corrected chi connectivity index (χ3v) is 5.84. The number of halogens is 1. The van der Waals surface area contributed by atoms with Crippen molar-refractivity contribution in [3.63, 3.8) is 0 Å². The summed E-state index contributed by atoms with van der Waals surface area (Å²) in [5.74, 6) is 1.73. The summed E-state index contributed by atoms with van der Waals surface area (Å²) in [5, 5.41) is 3.87. The molecule has 0 bridgehead atoms. The molecule has 1 heterocycles. The van der Waals surface area contributed by atoms with E-state index < -0.39 is 0 Å². The Hall–Kier alpha value is -2.24. The first-order valence-electron chi connectivity index (χ1n) is 10.2. The Kier molecular flexibility index (Phi) is 7.78. The van der Waals surface area contributed by atoms with E-state index in [1.165, 1.54) is 10.5 Å². The molecule has 1 aliphatic rings. The number of hydrogen-bond donors (Lipinski definition) is 2. The predicted octanol–water partition coefficient (Wildman–Crippen LogP) is 2.51. The summed E-state index contributed by atoms with van der Waals surface area (Å²) in [4.78, 5) is 14.1. The number of methoxy groups -OCH3 is 2. The summed E-state index contributed by atoms with van der Waals surface area (Å²) in [5.41, 5.74) is 2.41. The highest BCUT2D eigenvalue weighted by atomic mass is 35.5. The number of carbonyl (C=O) groups is 1. The molecule has 0 aliphatic carbocycles. The second-order valence-electron chi connectivity index (χ2n) is 7.56. The lowest BCUT2D eigenvalue weighted by Gasteiger charge is -2.28. The van der Waals surface area contributed by atoms with Gasteiger partial charge >= 0.3 is 0 Å². The number of benzene rings is 2. The van der Waals surface area contributed by atoms with Gasteiger partial charge in [0.25, 0.3) is 0 Å². The summed E-state index contributed by atoms with van der Waals surface area (Å²) in [7, 11) is 3.25. The molecule has 0 radical (unpaired) electrons. The van der Waals surface area contributed by atoms with Crippen LogP contribution in [0.4, 0.5) is 0 Å². The third-order valence-electron chi connectivity index (χ3n) is 5.59. The van der Waals surface area contributed by atoms with Crippen LogP contribution in [0.2, 0.25) is 5.02 Å². The highest BCUT2D eigenvalue weighted by molar-refractivity contribution is 6.30. The topological polar surface area (TPSA) is 52.0 Å². The van der Waals surface area contributed by atoms with Crippen molar-refractivity contribution >= 4 is 17.5 Å². The summed E-state index contributed by atoms with van der Waals surface area (Å²) < 4.78 is 10.6. The lowest BCUT2D eigenvalue weighted by molar-refractivity contribution is -0.919. The van der Waals surface area contributed by atoms with E-state index >= 15 is 0 Å². The molecule has 1 fully saturated rings. The van der Waals surface area contributed by atoms with E-state index in [-0.39, 0.29) is 11.8 Å². The Morgan fingerprint density at radius 1 is 1.03 bits per heavy atom. The van der Waals surface area contributed by atoms with E-state index in [4.69, 9.17) is 21.1 Å². The van der Waals surface area contributed by atoms with Gasteiger partial charge in [-0.25, -0.2) is 0 Å². The van der Waals surface area contributed by atoms with E-state index in [1.807, 2.05) is 30.3 Å². The van der Waals surface area contributed by atoms with Gasteiger partial charge in [0.2, 0.25) is 5.91 Å². The molecular weight excluding hydrogens is 388 g/mol. The smallest absolute Gasteiger partial charge is 0.223 e. The summed E-state index contributed by atoms with van der Waals surface area (Å²) >= 11 is 5.95. The number of amides is 1. The van der Waals surface area contributed by atoms with Crippen molar-refractivity contribution in [3.05, 3.63) is 58.6 Å². The Morgan fingerprint density at radius 3 is 2.34 bits per heavy atom. The molecule has 1 saturated heterocycles. The van der Waals surface area contributed by atoms with Crippen LogP contribution in [0.5, 0.6) is 11.5 Å². The van der Waals surface area contributed by atoms with Crippen LogP contribution in [0, 0.1) is 5.92 Å². The van der Waals surface area contributed by atoms with Crippen LogP contribution in [0.15, 0.2) is 42.5 Å². The third kappa shape index (κ3) is 6.12. The van der Waals surface area contributed by atoms with E-state index in [0.717, 1.165) is 49.5 Å². The van der Waals surface area contributed by atoms with Gasteiger partial charge in [-0.2, -0.15) is 0 Å². The molecular formula is C23H30ClN2O3+. The molecule has 6 heteroatoms. The minimum Gasteiger partial charge on any atom is -0.493 e. The SMILES string of the molecule is COc1ccc(CCNC(=O)C2CC[NH+](Cc3ccc(Cl)cc3)CC2)cc1OC. The average Bonchev–Trinajstić information content (AvgIpc) is 2.75. The maximum absolute atomic E-state index is 12.5. The van der Waals surface area contributed by atoms with Gasteiger partial charge in [-0.15, -0.1) is 0 Å². The van der Waals surface area contributed by atoms with Crippen LogP contribution in [0.1, 0.15) is 24.0 Å². The van der Waals surface area contributed by atoms with E-state index in [0.29, 0.717) is 18.0 Å². The Bertz CT molecular complexity index is 802. The van der Waals surface area contributed by atoms with Crippen molar-refractivity contribution in [2.24, 2.45) is 5.92 Å². The Balaban J connectivity index is 1.40. The van der Waals surface area contributed by atoms with Gasteiger partial charge in [0, 0.05) is 35.9 Å². The van der Waals surface area contributed by atoms with Crippen LogP contribution in [-0.2, 0) is 17.8 Å². The minimum atomic E-state index is 0.120. The lowest BCUT2D eigenvalue weighted by atomic mass is 9.95. The number of nitrogens with one attached hydrogen (secondary N) is 2. The Morgan fingerprint density at radius 2 is 1.69 bits per heavy atom. The standard InChI is InChI=1S/C23H29ClN2O3/c1-28-21-8-5-17(15-22(21)29-2)9-12-25-23(27)19-10-13-26(14-11-19)16-18-3-6-20(24)7-4-18/h3-8,15,19H,9-14,16H2,1-2H3,(H,25,27)/p+1. The monoisotopic (exact) mass is 417 g/mol. The zero-order valence-corrected chi connectivity index (χ0v) is 17.9. The van der Waals surface area contributed by atoms with Crippen LogP contribution in [-0.4, -0.2) is 39.8 Å². The first-order chi connectivity index (χ1) is 14.1. The van der Waals surface area contributed by atoms with Gasteiger partial charge < -0.3 is 19.7 Å². The molecule has 5 nitrogen and oxygen atoms in total. The Labute approximate surface area is 177 Å². The fourth-order valence-corrected chi connectivity index (χ4v) is 3.99. The van der Waals surface area contributed by atoms with Gasteiger partial charge in [0.05, 0.1) is 27.3 Å². The van der Waals surface area contributed by atoms with Gasteiger partial charge in [-0.3, -0.25) is 4.79 Å². The van der Waals surface area contributed by atoms with E-state index in [2.05, 4.69) is 17.4 Å². The van der Waals surface area contributed by atoms with Crippen LogP contribution < -0.4 is 19.7 Å². The van der Waals surface area contributed by atoms with E-state index in [1.54, 1.807) is 14.2 Å². The average molecular weight is 418 g/mol. The lowest BCUT2D eigenvalue weighted by Crippen LogP contribution is -3.11. The van der Waals surface area contributed by atoms with Crippen molar-refractivity contribution in [2.45, 2.75) is 25.8 Å². The van der Waals surface area contributed by atoms with Gasteiger partial charge in [0.1, 0.15) is 6.54 Å². The number of hydrogen-bond acceptors (Lipinski definition) is 3. The van der Waals surface area contributed by atoms with Gasteiger partial charge in [-0.1, -0.05) is 29.8 Å². The zero-order valence-electron chi connectivity index (χ0n) is 17.2. The zero-order chi connectivity index (χ0) is 20.6. The first-order valence-corrected chi connectivity index (χ1v) is 10.5. The van der Waals surface area contributed by atoms with Crippen molar-refractivity contribution in [3.8, 4) is 11.5 Å². The fourth-order valence-electron chi connectivity index (χ4n) is 3.87. The summed E-state index contributed by atoms with van der Waals surface area (Å²) in [6.45, 7) is 3.67. The van der Waals surface area contributed by atoms with E-state index in [9.17, 15) is 4.79 Å². The number of quaternary nitrogens is 1. The van der Waals surface area contributed by atoms with Gasteiger partial charge in [-0.05, 0) is 36.2 Å². The first kappa shape index (κ1) is 21.5. The molecule has 0 atom stereocenters. The second kappa shape index (κ2) is 10.5.